The number of hydrogen-bond donors (Lipinski definition) is 2. The molecule has 15 heteroatoms. The minimum absolute atomic E-state index is 0.127. The van der Waals surface area contributed by atoms with E-state index >= 15 is 0 Å². The zero-order valence-electron chi connectivity index (χ0n) is 22.1. The zero-order valence-corrected chi connectivity index (χ0v) is 24.6. The second kappa shape index (κ2) is 13.4. The molecule has 0 unspecified atom stereocenters. The average Bonchev–Trinajstić information content (AvgIpc) is 3.38. The van der Waals surface area contributed by atoms with Crippen LogP contribution >= 0.6 is 22.7 Å². The molecule has 0 atom stereocenters. The van der Waals surface area contributed by atoms with Gasteiger partial charge in [0.1, 0.15) is 21.2 Å². The lowest BCUT2D eigenvalue weighted by Crippen LogP contribution is -2.30. The second-order valence-electron chi connectivity index (χ2n) is 10.0. The van der Waals surface area contributed by atoms with Crippen LogP contribution in [0.15, 0.2) is 0 Å². The fourth-order valence-electron chi connectivity index (χ4n) is 3.00. The van der Waals surface area contributed by atoms with Crippen LogP contribution in [0.5, 0.6) is 0 Å². The highest BCUT2D eigenvalue weighted by atomic mass is 32.2. The molecule has 0 saturated heterocycles. The molecule has 0 bridgehead atoms. The molecule has 2 aromatic heterocycles. The molecule has 0 radical (unpaired) electrons. The third-order valence-corrected chi connectivity index (χ3v) is 8.20. The number of carbonyl (C=O) groups excluding carboxylic acids is 2. The normalized spacial score (nSPS) is 12.3. The quantitative estimate of drug-likeness (QED) is 0.315. The Hall–Kier alpha value is -2.39. The number of aryl methyl sites for hydroxylation is 2. The number of rotatable bonds is 13. The Kier molecular flexibility index (Phi) is 11.2. The molecule has 2 aromatic rings. The number of nitrogens with zero attached hydrogens (tertiary/aromatic N) is 4. The summed E-state index contributed by atoms with van der Waals surface area (Å²) >= 11 is 2.20. The third-order valence-electron chi connectivity index (χ3n) is 4.76. The summed E-state index contributed by atoms with van der Waals surface area (Å²) in [5.41, 5.74) is -1.25. The van der Waals surface area contributed by atoms with Gasteiger partial charge in [-0.05, 0) is 47.5 Å². The number of carbonyl (C=O) groups is 2. The minimum atomic E-state index is -3.41. The molecule has 0 aromatic carbocycles. The van der Waals surface area contributed by atoms with E-state index in [4.69, 9.17) is 9.47 Å². The number of ether oxygens (including phenoxy) is 2. The van der Waals surface area contributed by atoms with Gasteiger partial charge in [0.2, 0.25) is 10.3 Å². The number of aromatic nitrogens is 4. The lowest BCUT2D eigenvalue weighted by Gasteiger charge is -2.24. The van der Waals surface area contributed by atoms with Crippen LogP contribution in [0.25, 0.3) is 0 Å². The Morgan fingerprint density at radius 1 is 0.811 bits per heavy atom. The van der Waals surface area contributed by atoms with Crippen molar-refractivity contribution in [3.8, 4) is 0 Å². The maximum atomic E-state index is 12.5. The SMILES string of the molecule is CCCCCC(C)(C)OC(=O)Nc1nnc(CCS(=O)(=O)CCc2nnc(NC(=O)OC(C)(C)C)s2)s1. The van der Waals surface area contributed by atoms with Crippen molar-refractivity contribution in [1.29, 1.82) is 0 Å². The molecule has 0 aliphatic rings. The van der Waals surface area contributed by atoms with Crippen LogP contribution in [-0.2, 0) is 32.2 Å². The highest BCUT2D eigenvalue weighted by Crippen LogP contribution is 2.22. The van der Waals surface area contributed by atoms with E-state index in [1.807, 2.05) is 13.8 Å². The van der Waals surface area contributed by atoms with Gasteiger partial charge in [0, 0.05) is 12.8 Å². The topological polar surface area (TPSA) is 162 Å². The van der Waals surface area contributed by atoms with Gasteiger partial charge in [-0.3, -0.25) is 10.6 Å². The monoisotopic (exact) mass is 576 g/mol. The maximum absolute atomic E-state index is 12.5. The molecule has 2 rings (SSSR count). The van der Waals surface area contributed by atoms with Crippen molar-refractivity contribution in [2.45, 2.75) is 91.3 Å². The summed E-state index contributed by atoms with van der Waals surface area (Å²) in [6.07, 6.45) is 2.95. The Morgan fingerprint density at radius 2 is 1.30 bits per heavy atom. The number of nitrogens with one attached hydrogen (secondary N) is 2. The van der Waals surface area contributed by atoms with Gasteiger partial charge >= 0.3 is 12.2 Å². The van der Waals surface area contributed by atoms with Gasteiger partial charge in [0.05, 0.1) is 11.5 Å². The maximum Gasteiger partial charge on any atom is 0.414 e. The number of unbranched alkanes of at least 4 members (excludes halogenated alkanes) is 2. The molecule has 0 aliphatic carbocycles. The number of anilines is 2. The van der Waals surface area contributed by atoms with Gasteiger partial charge in [0.25, 0.3) is 0 Å². The van der Waals surface area contributed by atoms with E-state index in [1.54, 1.807) is 20.8 Å². The van der Waals surface area contributed by atoms with Crippen molar-refractivity contribution in [2.75, 3.05) is 22.1 Å². The van der Waals surface area contributed by atoms with E-state index in [9.17, 15) is 18.0 Å². The zero-order chi connectivity index (χ0) is 27.7. The Balaban J connectivity index is 1.78. The largest absolute Gasteiger partial charge is 0.444 e. The van der Waals surface area contributed by atoms with Crippen molar-refractivity contribution in [3.63, 3.8) is 0 Å². The fraction of sp³-hybridized carbons (Fsp3) is 0.727. The molecule has 0 fully saturated rings. The first-order valence-electron chi connectivity index (χ1n) is 12.0. The lowest BCUT2D eigenvalue weighted by molar-refractivity contribution is 0.0404. The van der Waals surface area contributed by atoms with E-state index in [-0.39, 0.29) is 34.6 Å². The third kappa shape index (κ3) is 12.6. The van der Waals surface area contributed by atoms with Crippen molar-refractivity contribution >= 4 is 55.0 Å². The molecule has 2 N–H and O–H groups in total. The van der Waals surface area contributed by atoms with Crippen LogP contribution < -0.4 is 10.6 Å². The molecule has 208 valence electrons. The molecule has 0 spiro atoms. The van der Waals surface area contributed by atoms with E-state index in [0.29, 0.717) is 10.0 Å². The number of hydrogen-bond acceptors (Lipinski definition) is 12. The molecule has 2 amide bonds. The summed E-state index contributed by atoms with van der Waals surface area (Å²) in [7, 11) is -3.41. The summed E-state index contributed by atoms with van der Waals surface area (Å²) in [6, 6.07) is 0. The highest BCUT2D eigenvalue weighted by Gasteiger charge is 2.23. The Morgan fingerprint density at radius 3 is 1.76 bits per heavy atom. The fourth-order valence-corrected chi connectivity index (χ4v) is 5.93. The van der Waals surface area contributed by atoms with Crippen LogP contribution in [0, 0.1) is 0 Å². The second-order valence-corrected chi connectivity index (χ2v) is 14.4. The van der Waals surface area contributed by atoms with Crippen molar-refractivity contribution in [1.82, 2.24) is 20.4 Å². The molecule has 0 saturated carbocycles. The first-order valence-corrected chi connectivity index (χ1v) is 15.5. The molecule has 0 aliphatic heterocycles. The van der Waals surface area contributed by atoms with Crippen LogP contribution in [0.1, 0.15) is 77.2 Å². The molecule has 12 nitrogen and oxygen atoms in total. The van der Waals surface area contributed by atoms with Crippen LogP contribution in [0.3, 0.4) is 0 Å². The predicted molar refractivity (Wildman–Crippen MR) is 144 cm³/mol. The van der Waals surface area contributed by atoms with Crippen LogP contribution in [0.2, 0.25) is 0 Å². The van der Waals surface area contributed by atoms with Gasteiger partial charge in [-0.25, -0.2) is 18.0 Å². The van der Waals surface area contributed by atoms with Gasteiger partial charge < -0.3 is 9.47 Å². The Bertz CT molecular complexity index is 1140. The number of sulfone groups is 1. The van der Waals surface area contributed by atoms with E-state index in [0.717, 1.165) is 48.4 Å². The minimum Gasteiger partial charge on any atom is -0.444 e. The molecular weight excluding hydrogens is 540 g/mol. The first-order chi connectivity index (χ1) is 17.2. The molecular formula is C22H36N6O6S3. The summed E-state index contributed by atoms with van der Waals surface area (Å²) in [6.45, 7) is 11.1. The van der Waals surface area contributed by atoms with E-state index in [1.165, 1.54) is 0 Å². The van der Waals surface area contributed by atoms with Gasteiger partial charge in [0.15, 0.2) is 9.84 Å². The average molecular weight is 577 g/mol. The van der Waals surface area contributed by atoms with Crippen LogP contribution in [0.4, 0.5) is 19.9 Å². The summed E-state index contributed by atoms with van der Waals surface area (Å²) in [5.74, 6) is -0.254. The molecule has 37 heavy (non-hydrogen) atoms. The van der Waals surface area contributed by atoms with Gasteiger partial charge in [-0.15, -0.1) is 20.4 Å². The number of amides is 2. The first kappa shape index (κ1) is 30.8. The van der Waals surface area contributed by atoms with E-state index in [2.05, 4.69) is 38.0 Å². The van der Waals surface area contributed by atoms with Gasteiger partial charge in [-0.2, -0.15) is 0 Å². The predicted octanol–water partition coefficient (Wildman–Crippen LogP) is 4.84. The van der Waals surface area contributed by atoms with Crippen molar-refractivity contribution in [2.24, 2.45) is 0 Å². The standard InChI is InChI=1S/C22H36N6O6S3/c1-7-8-9-12-22(5,6)34-20(30)24-18-28-26-16(36-18)11-14-37(31,32)13-10-15-25-27-17(35-15)23-19(29)33-21(2,3)4/h7-14H2,1-6H3,(H,23,27,29)(H,24,28,30). The highest BCUT2D eigenvalue weighted by molar-refractivity contribution is 7.91. The van der Waals surface area contributed by atoms with E-state index < -0.39 is 33.2 Å². The lowest BCUT2D eigenvalue weighted by atomic mass is 10.0. The molecule has 2 heterocycles. The summed E-state index contributed by atoms with van der Waals surface area (Å²) in [5, 5.41) is 22.1. The van der Waals surface area contributed by atoms with Crippen molar-refractivity contribution in [3.05, 3.63) is 10.0 Å². The van der Waals surface area contributed by atoms with Crippen molar-refractivity contribution < 1.29 is 27.5 Å². The van der Waals surface area contributed by atoms with Gasteiger partial charge in [-0.1, -0.05) is 42.4 Å². The smallest absolute Gasteiger partial charge is 0.414 e. The Labute approximate surface area is 225 Å². The van der Waals surface area contributed by atoms with Crippen LogP contribution in [-0.4, -0.2) is 63.7 Å². The summed E-state index contributed by atoms with van der Waals surface area (Å²) in [4.78, 5) is 24.0. The summed E-state index contributed by atoms with van der Waals surface area (Å²) < 4.78 is 35.6.